The number of likely N-dealkylation sites (tertiary alicyclic amines) is 1. The molecule has 0 spiro atoms. The number of amides is 2. The van der Waals surface area contributed by atoms with Crippen molar-refractivity contribution < 1.29 is 14.3 Å². The van der Waals surface area contributed by atoms with E-state index in [1.54, 1.807) is 11.9 Å². The van der Waals surface area contributed by atoms with E-state index in [4.69, 9.17) is 4.74 Å². The first-order chi connectivity index (χ1) is 11.8. The molecule has 1 aliphatic heterocycles. The second-order valence-electron chi connectivity index (χ2n) is 7.26. The molecular weight excluding hydrogens is 316 g/mol. The number of benzene rings is 1. The van der Waals surface area contributed by atoms with Crippen LogP contribution in [-0.2, 0) is 16.0 Å². The fourth-order valence-electron chi connectivity index (χ4n) is 2.99. The number of hydrogen-bond acceptors (Lipinski definition) is 3. The number of ether oxygens (including phenoxy) is 1. The lowest BCUT2D eigenvalue weighted by molar-refractivity contribution is -0.139. The Hall–Kier alpha value is -2.04. The summed E-state index contributed by atoms with van der Waals surface area (Å²) < 4.78 is 5.64. The first kappa shape index (κ1) is 19.3. The number of carbonyl (C=O) groups excluding carboxylic acids is 2. The van der Waals surface area contributed by atoms with E-state index in [9.17, 15) is 9.59 Å². The van der Waals surface area contributed by atoms with Crippen molar-refractivity contribution in [2.45, 2.75) is 58.6 Å². The summed E-state index contributed by atoms with van der Waals surface area (Å²) in [6.07, 6.45) is 3.02. The van der Waals surface area contributed by atoms with Gasteiger partial charge in [-0.3, -0.25) is 9.59 Å². The van der Waals surface area contributed by atoms with Gasteiger partial charge < -0.3 is 15.0 Å². The molecule has 2 amide bonds. The smallest absolute Gasteiger partial charge is 0.223 e. The standard InChI is InChI=1S/C20H30N2O3/c1-14(2)25-18-9-7-16(8-10-18)6-5-15(3)21-20(24)17-11-12-22(4)19(23)13-17/h7-10,14-15,17H,5-6,11-13H2,1-4H3,(H,21,24). The number of hydrogen-bond donors (Lipinski definition) is 1. The molecule has 0 saturated carbocycles. The summed E-state index contributed by atoms with van der Waals surface area (Å²) in [5.41, 5.74) is 1.23. The third-order valence-electron chi connectivity index (χ3n) is 4.58. The lowest BCUT2D eigenvalue weighted by Crippen LogP contribution is -2.44. The average molecular weight is 346 g/mol. The van der Waals surface area contributed by atoms with Crippen molar-refractivity contribution in [1.82, 2.24) is 10.2 Å². The average Bonchev–Trinajstić information content (AvgIpc) is 2.56. The number of piperidine rings is 1. The van der Waals surface area contributed by atoms with Crippen LogP contribution >= 0.6 is 0 Å². The van der Waals surface area contributed by atoms with Crippen LogP contribution in [0.2, 0.25) is 0 Å². The van der Waals surface area contributed by atoms with Crippen LogP contribution in [0.3, 0.4) is 0 Å². The van der Waals surface area contributed by atoms with Gasteiger partial charge in [-0.05, 0) is 57.7 Å². The first-order valence-corrected chi connectivity index (χ1v) is 9.15. The maximum absolute atomic E-state index is 12.3. The normalized spacial score (nSPS) is 19.0. The summed E-state index contributed by atoms with van der Waals surface area (Å²) in [5, 5.41) is 3.06. The van der Waals surface area contributed by atoms with Crippen LogP contribution in [0.25, 0.3) is 0 Å². The molecule has 25 heavy (non-hydrogen) atoms. The molecule has 0 aliphatic carbocycles. The zero-order valence-corrected chi connectivity index (χ0v) is 15.7. The van der Waals surface area contributed by atoms with Crippen LogP contribution in [0.5, 0.6) is 5.75 Å². The number of rotatable bonds is 7. The number of nitrogens with zero attached hydrogens (tertiary/aromatic N) is 1. The number of aryl methyl sites for hydroxylation is 1. The minimum atomic E-state index is -0.182. The first-order valence-electron chi connectivity index (χ1n) is 9.15. The molecule has 0 aromatic heterocycles. The van der Waals surface area contributed by atoms with Crippen LogP contribution in [0.1, 0.15) is 45.6 Å². The molecule has 2 unspecified atom stereocenters. The Balaban J connectivity index is 1.75. The van der Waals surface area contributed by atoms with Crippen molar-refractivity contribution in [1.29, 1.82) is 0 Å². The second kappa shape index (κ2) is 8.88. The molecule has 0 radical (unpaired) electrons. The fourth-order valence-corrected chi connectivity index (χ4v) is 2.99. The van der Waals surface area contributed by atoms with E-state index in [2.05, 4.69) is 17.4 Å². The Morgan fingerprint density at radius 1 is 1.28 bits per heavy atom. The molecule has 5 nitrogen and oxygen atoms in total. The number of carbonyl (C=O) groups is 2. The molecule has 1 heterocycles. The molecule has 138 valence electrons. The Morgan fingerprint density at radius 2 is 1.96 bits per heavy atom. The molecule has 1 aromatic carbocycles. The van der Waals surface area contributed by atoms with Crippen molar-refractivity contribution in [2.24, 2.45) is 5.92 Å². The highest BCUT2D eigenvalue weighted by Gasteiger charge is 2.28. The van der Waals surface area contributed by atoms with Gasteiger partial charge in [-0.2, -0.15) is 0 Å². The van der Waals surface area contributed by atoms with Gasteiger partial charge in [0.1, 0.15) is 5.75 Å². The van der Waals surface area contributed by atoms with E-state index < -0.39 is 0 Å². The molecule has 5 heteroatoms. The van der Waals surface area contributed by atoms with E-state index in [0.29, 0.717) is 13.0 Å². The fraction of sp³-hybridized carbons (Fsp3) is 0.600. The van der Waals surface area contributed by atoms with E-state index in [0.717, 1.165) is 25.0 Å². The predicted octanol–water partition coefficient (Wildman–Crippen LogP) is 2.78. The maximum atomic E-state index is 12.3. The molecule has 2 atom stereocenters. The highest BCUT2D eigenvalue weighted by molar-refractivity contribution is 5.86. The predicted molar refractivity (Wildman–Crippen MR) is 98.5 cm³/mol. The second-order valence-corrected chi connectivity index (χ2v) is 7.26. The lowest BCUT2D eigenvalue weighted by Gasteiger charge is -2.28. The molecule has 0 bridgehead atoms. The van der Waals surface area contributed by atoms with Crippen LogP contribution in [0, 0.1) is 5.92 Å². The lowest BCUT2D eigenvalue weighted by atomic mass is 9.95. The van der Waals surface area contributed by atoms with E-state index in [1.165, 1.54) is 5.56 Å². The van der Waals surface area contributed by atoms with Crippen LogP contribution in [0.4, 0.5) is 0 Å². The summed E-state index contributed by atoms with van der Waals surface area (Å²) in [4.78, 5) is 25.8. The maximum Gasteiger partial charge on any atom is 0.223 e. The largest absolute Gasteiger partial charge is 0.491 e. The van der Waals surface area contributed by atoms with Gasteiger partial charge in [0.05, 0.1) is 6.10 Å². The molecule has 2 rings (SSSR count). The van der Waals surface area contributed by atoms with Crippen molar-refractivity contribution in [3.8, 4) is 5.75 Å². The third-order valence-corrected chi connectivity index (χ3v) is 4.58. The van der Waals surface area contributed by atoms with Gasteiger partial charge >= 0.3 is 0 Å². The van der Waals surface area contributed by atoms with E-state index in [-0.39, 0.29) is 29.9 Å². The van der Waals surface area contributed by atoms with Crippen molar-refractivity contribution in [3.05, 3.63) is 29.8 Å². The quantitative estimate of drug-likeness (QED) is 0.826. The van der Waals surface area contributed by atoms with Gasteiger partial charge in [0.15, 0.2) is 0 Å². The van der Waals surface area contributed by atoms with E-state index >= 15 is 0 Å². The minimum Gasteiger partial charge on any atom is -0.491 e. The Labute approximate surface area is 150 Å². The number of nitrogens with one attached hydrogen (secondary N) is 1. The topological polar surface area (TPSA) is 58.6 Å². The van der Waals surface area contributed by atoms with Crippen molar-refractivity contribution in [2.75, 3.05) is 13.6 Å². The van der Waals surface area contributed by atoms with Crippen molar-refractivity contribution >= 4 is 11.8 Å². The van der Waals surface area contributed by atoms with Gasteiger partial charge in [-0.15, -0.1) is 0 Å². The SMILES string of the molecule is CC(CCc1ccc(OC(C)C)cc1)NC(=O)C1CCN(C)C(=O)C1. The van der Waals surface area contributed by atoms with Gasteiger partial charge in [-0.1, -0.05) is 12.1 Å². The minimum absolute atomic E-state index is 0.00892. The van der Waals surface area contributed by atoms with Gasteiger partial charge in [0, 0.05) is 32.0 Å². The summed E-state index contributed by atoms with van der Waals surface area (Å²) in [6.45, 7) is 6.70. The summed E-state index contributed by atoms with van der Waals surface area (Å²) >= 11 is 0. The monoisotopic (exact) mass is 346 g/mol. The van der Waals surface area contributed by atoms with Gasteiger partial charge in [0.25, 0.3) is 0 Å². The summed E-state index contributed by atoms with van der Waals surface area (Å²) in [7, 11) is 1.79. The highest BCUT2D eigenvalue weighted by Crippen LogP contribution is 2.18. The Kier molecular flexibility index (Phi) is 6.85. The van der Waals surface area contributed by atoms with Gasteiger partial charge in [0.2, 0.25) is 11.8 Å². The Morgan fingerprint density at radius 3 is 2.56 bits per heavy atom. The summed E-state index contributed by atoms with van der Waals surface area (Å²) in [5.74, 6) is 0.767. The molecule has 1 fully saturated rings. The van der Waals surface area contributed by atoms with Gasteiger partial charge in [-0.25, -0.2) is 0 Å². The van der Waals surface area contributed by atoms with Crippen LogP contribution < -0.4 is 10.1 Å². The zero-order valence-electron chi connectivity index (χ0n) is 15.7. The molecule has 1 aliphatic rings. The molecule has 1 N–H and O–H groups in total. The van der Waals surface area contributed by atoms with Crippen LogP contribution in [0.15, 0.2) is 24.3 Å². The zero-order chi connectivity index (χ0) is 18.4. The Bertz CT molecular complexity index is 583. The third kappa shape index (κ3) is 6.07. The summed E-state index contributed by atoms with van der Waals surface area (Å²) in [6, 6.07) is 8.21. The molecular formula is C20H30N2O3. The van der Waals surface area contributed by atoms with Crippen molar-refractivity contribution in [3.63, 3.8) is 0 Å². The molecule has 1 saturated heterocycles. The molecule has 1 aromatic rings. The van der Waals surface area contributed by atoms with E-state index in [1.807, 2.05) is 32.9 Å². The van der Waals surface area contributed by atoms with Crippen LogP contribution in [-0.4, -0.2) is 42.5 Å². The highest BCUT2D eigenvalue weighted by atomic mass is 16.5.